The number of nitrogens with zero attached hydrogens (tertiary/aromatic N) is 4. The van der Waals surface area contributed by atoms with Gasteiger partial charge < -0.3 is 4.48 Å². The molecule has 6 heteroatoms. The van der Waals surface area contributed by atoms with Gasteiger partial charge in [0.05, 0.1) is 34.2 Å². The molecule has 0 radical (unpaired) electrons. The van der Waals surface area contributed by atoms with Crippen LogP contribution < -0.4 is 0 Å². The molecule has 0 saturated heterocycles. The van der Waals surface area contributed by atoms with Crippen molar-refractivity contribution in [2.24, 2.45) is 0 Å². The third kappa shape index (κ3) is 4.15. The number of quaternary nitrogens is 1. The Balaban J connectivity index is 4.66. The van der Waals surface area contributed by atoms with Crippen LogP contribution in [0.4, 0.5) is 0 Å². The predicted molar refractivity (Wildman–Crippen MR) is 70.5 cm³/mol. The molecule has 0 atom stereocenters. The summed E-state index contributed by atoms with van der Waals surface area (Å²) >= 11 is 0. The molecule has 0 aromatic heterocycles. The van der Waals surface area contributed by atoms with Crippen molar-refractivity contribution in [2.75, 3.05) is 69.5 Å². The molecule has 0 aromatic rings. The molecule has 0 spiro atoms. The number of hydrogen-bond acceptors (Lipinski definition) is 1. The van der Waals surface area contributed by atoms with Crippen LogP contribution >= 0.6 is 7.59 Å². The van der Waals surface area contributed by atoms with Gasteiger partial charge in [-0.25, -0.2) is 14.0 Å². The van der Waals surface area contributed by atoms with E-state index in [9.17, 15) is 4.57 Å². The summed E-state index contributed by atoms with van der Waals surface area (Å²) in [6.07, 6.45) is 0. The highest BCUT2D eigenvalue weighted by atomic mass is 31.2. The van der Waals surface area contributed by atoms with E-state index in [-0.39, 0.29) is 0 Å². The lowest BCUT2D eigenvalue weighted by atomic mass is 10.5. The molecule has 0 amide bonds. The minimum Gasteiger partial charge on any atom is -0.330 e. The second-order valence-corrected chi connectivity index (χ2v) is 8.91. The van der Waals surface area contributed by atoms with E-state index in [2.05, 4.69) is 21.1 Å². The first-order valence-electron chi connectivity index (χ1n) is 5.49. The monoisotopic (exact) mass is 251 g/mol. The maximum atomic E-state index is 12.8. The molecule has 0 bridgehead atoms. The molecule has 5 nitrogen and oxygen atoms in total. The zero-order chi connectivity index (χ0) is 13.1. The topological polar surface area (TPSA) is 26.8 Å². The minimum atomic E-state index is -2.55. The molecular formula is C10H28N4OP+. The van der Waals surface area contributed by atoms with E-state index in [4.69, 9.17) is 0 Å². The van der Waals surface area contributed by atoms with Gasteiger partial charge in [0.2, 0.25) is 0 Å². The summed E-state index contributed by atoms with van der Waals surface area (Å²) in [6.45, 7) is 1.79. The van der Waals surface area contributed by atoms with Crippen LogP contribution in [-0.4, -0.2) is 88.0 Å². The van der Waals surface area contributed by atoms with E-state index in [1.807, 2.05) is 49.2 Å². The van der Waals surface area contributed by atoms with Gasteiger partial charge >= 0.3 is 0 Å². The van der Waals surface area contributed by atoms with E-state index in [1.165, 1.54) is 0 Å². The van der Waals surface area contributed by atoms with Crippen molar-refractivity contribution in [1.29, 1.82) is 0 Å². The van der Waals surface area contributed by atoms with Crippen LogP contribution in [0, 0.1) is 0 Å². The average Bonchev–Trinajstić information content (AvgIpc) is 2.10. The quantitative estimate of drug-likeness (QED) is 0.517. The second kappa shape index (κ2) is 5.61. The van der Waals surface area contributed by atoms with Crippen LogP contribution in [0.1, 0.15) is 0 Å². The maximum Gasteiger partial charge on any atom is 0.285 e. The van der Waals surface area contributed by atoms with Crippen molar-refractivity contribution in [3.8, 4) is 0 Å². The molecule has 0 aliphatic rings. The zero-order valence-electron chi connectivity index (χ0n) is 12.1. The smallest absolute Gasteiger partial charge is 0.285 e. The van der Waals surface area contributed by atoms with Crippen LogP contribution in [0.25, 0.3) is 0 Å². The zero-order valence-corrected chi connectivity index (χ0v) is 13.0. The van der Waals surface area contributed by atoms with Crippen LogP contribution in [-0.2, 0) is 4.57 Å². The van der Waals surface area contributed by atoms with Gasteiger partial charge in [-0.2, -0.15) is 0 Å². The lowest BCUT2D eigenvalue weighted by Gasteiger charge is -2.38. The Hall–Kier alpha value is 0.0700. The third-order valence-electron chi connectivity index (χ3n) is 2.58. The van der Waals surface area contributed by atoms with Gasteiger partial charge in [0.1, 0.15) is 0 Å². The van der Waals surface area contributed by atoms with Crippen molar-refractivity contribution < 1.29 is 9.05 Å². The first kappa shape index (κ1) is 16.1. The Bertz CT molecular complexity index is 248. The van der Waals surface area contributed by atoms with E-state index in [0.29, 0.717) is 0 Å². The normalized spacial score (nSPS) is 14.2. The van der Waals surface area contributed by atoms with Crippen molar-refractivity contribution in [2.45, 2.75) is 0 Å². The first-order chi connectivity index (χ1) is 7.01. The Labute approximate surface area is 101 Å². The molecule has 0 N–H and O–H groups in total. The molecule has 0 saturated carbocycles. The lowest BCUT2D eigenvalue weighted by molar-refractivity contribution is -0.869. The van der Waals surface area contributed by atoms with E-state index >= 15 is 0 Å². The number of rotatable bonds is 6. The maximum absolute atomic E-state index is 12.8. The molecule has 0 rings (SSSR count). The van der Waals surface area contributed by atoms with Gasteiger partial charge in [-0.15, -0.1) is 0 Å². The molecule has 0 heterocycles. The van der Waals surface area contributed by atoms with E-state index in [1.54, 1.807) is 0 Å². The fraction of sp³-hybridized carbons (Fsp3) is 1.00. The Morgan fingerprint density at radius 2 is 1.31 bits per heavy atom. The Morgan fingerprint density at radius 1 is 0.938 bits per heavy atom. The van der Waals surface area contributed by atoms with Gasteiger partial charge in [-0.1, -0.05) is 0 Å². The van der Waals surface area contributed by atoms with Crippen molar-refractivity contribution in [3.05, 3.63) is 0 Å². The van der Waals surface area contributed by atoms with Crippen molar-refractivity contribution in [3.63, 3.8) is 0 Å². The molecule has 0 fully saturated rings. The average molecular weight is 251 g/mol. The van der Waals surface area contributed by atoms with Gasteiger partial charge in [0.15, 0.2) is 0 Å². The fourth-order valence-corrected chi connectivity index (χ4v) is 3.83. The summed E-state index contributed by atoms with van der Waals surface area (Å²) in [5, 5.41) is 0. The highest BCUT2D eigenvalue weighted by Gasteiger charge is 2.33. The van der Waals surface area contributed by atoms with Crippen molar-refractivity contribution in [1.82, 2.24) is 14.0 Å². The largest absolute Gasteiger partial charge is 0.330 e. The van der Waals surface area contributed by atoms with E-state index < -0.39 is 7.59 Å². The Kier molecular flexibility index (Phi) is 5.63. The number of likely N-dealkylation sites (N-methyl/N-ethyl adjacent to an activating group) is 2. The van der Waals surface area contributed by atoms with Crippen LogP contribution in [0.2, 0.25) is 0 Å². The molecule has 0 aliphatic heterocycles. The van der Waals surface area contributed by atoms with Gasteiger partial charge in [-0.05, 0) is 35.2 Å². The van der Waals surface area contributed by atoms with Crippen LogP contribution in [0.3, 0.4) is 0 Å². The summed E-state index contributed by atoms with van der Waals surface area (Å²) in [6, 6.07) is 0. The summed E-state index contributed by atoms with van der Waals surface area (Å²) < 4.78 is 19.3. The third-order valence-corrected chi connectivity index (χ3v) is 5.76. The molecule has 0 aliphatic carbocycles. The van der Waals surface area contributed by atoms with Crippen LogP contribution in [0.5, 0.6) is 0 Å². The SMILES string of the molecule is CN(C)P(=O)(N(C)C)N(C)CC[N+](C)(C)C. The molecule has 16 heavy (non-hydrogen) atoms. The van der Waals surface area contributed by atoms with Gasteiger partial charge in [0, 0.05) is 0 Å². The van der Waals surface area contributed by atoms with Crippen molar-refractivity contribution >= 4 is 7.59 Å². The standard InChI is InChI=1S/C10H28N4OP/c1-11(2)16(15,12(3)4)13(5)9-10-14(6,7)8/h9-10H2,1-8H3/q+1. The number of hydrogen-bond donors (Lipinski definition) is 0. The van der Waals surface area contributed by atoms with Crippen LogP contribution in [0.15, 0.2) is 0 Å². The molecule has 0 unspecified atom stereocenters. The fourth-order valence-electron chi connectivity index (χ4n) is 1.54. The first-order valence-corrected chi connectivity index (χ1v) is 7.06. The summed E-state index contributed by atoms with van der Waals surface area (Å²) in [5.41, 5.74) is 0. The molecular weight excluding hydrogens is 223 g/mol. The highest BCUT2D eigenvalue weighted by Crippen LogP contribution is 2.51. The summed E-state index contributed by atoms with van der Waals surface area (Å²) in [4.78, 5) is 0. The predicted octanol–water partition coefficient (Wildman–Crippen LogP) is 0.856. The minimum absolute atomic E-state index is 0.817. The molecule has 0 aromatic carbocycles. The van der Waals surface area contributed by atoms with Gasteiger partial charge in [0.25, 0.3) is 7.59 Å². The Morgan fingerprint density at radius 3 is 1.56 bits per heavy atom. The van der Waals surface area contributed by atoms with Gasteiger partial charge in [-0.3, -0.25) is 4.57 Å². The second-order valence-electron chi connectivity index (χ2n) is 5.60. The summed E-state index contributed by atoms with van der Waals surface area (Å²) in [5.74, 6) is 0. The van der Waals surface area contributed by atoms with E-state index in [0.717, 1.165) is 17.6 Å². The summed E-state index contributed by atoms with van der Waals surface area (Å²) in [7, 11) is 13.3. The molecule has 98 valence electrons. The lowest BCUT2D eigenvalue weighted by Crippen LogP contribution is -2.42. The highest BCUT2D eigenvalue weighted by molar-refractivity contribution is 7.56.